The van der Waals surface area contributed by atoms with E-state index in [1.54, 1.807) is 12.1 Å². The third kappa shape index (κ3) is 3.81. The number of allylic oxidation sites excluding steroid dienone is 1. The molecule has 0 atom stereocenters. The van der Waals surface area contributed by atoms with Crippen LogP contribution < -0.4 is 5.56 Å². The van der Waals surface area contributed by atoms with Crippen LogP contribution in [0.15, 0.2) is 53.3 Å². The van der Waals surface area contributed by atoms with Gasteiger partial charge in [0, 0.05) is 15.9 Å². The normalized spacial score (nSPS) is 15.3. The van der Waals surface area contributed by atoms with Crippen LogP contribution >= 0.6 is 11.6 Å². The number of hydrogen-bond donors (Lipinski definition) is 2. The van der Waals surface area contributed by atoms with Crippen molar-refractivity contribution in [1.29, 1.82) is 0 Å². The molecule has 1 saturated carbocycles. The fraction of sp³-hybridized carbons (Fsp3) is 0.240. The van der Waals surface area contributed by atoms with Crippen LogP contribution in [0.2, 0.25) is 5.02 Å². The number of hydrogen-bond acceptors (Lipinski definition) is 3. The monoisotopic (exact) mass is 431 g/mol. The number of para-hydroxylation sites is 2. The molecule has 0 bridgehead atoms. The highest BCUT2D eigenvalue weighted by molar-refractivity contribution is 6.31. The molecule has 5 rings (SSSR count). The molecule has 0 unspecified atom stereocenters. The van der Waals surface area contributed by atoms with E-state index in [0.29, 0.717) is 16.4 Å². The van der Waals surface area contributed by atoms with Gasteiger partial charge in [0.15, 0.2) is 5.78 Å². The number of ketones is 1. The number of fused-ring (bicyclic) bond motifs is 2. The number of pyridine rings is 1. The third-order valence-electron chi connectivity index (χ3n) is 6.08. The molecular formula is C25H22ClN3O2. The molecule has 6 heteroatoms. The zero-order valence-corrected chi connectivity index (χ0v) is 17.7. The highest BCUT2D eigenvalue weighted by Gasteiger charge is 2.26. The van der Waals surface area contributed by atoms with Gasteiger partial charge in [0.05, 0.1) is 16.6 Å². The van der Waals surface area contributed by atoms with E-state index >= 15 is 0 Å². The van der Waals surface area contributed by atoms with Gasteiger partial charge in [-0.1, -0.05) is 43.0 Å². The zero-order valence-electron chi connectivity index (χ0n) is 17.0. The lowest BCUT2D eigenvalue weighted by Gasteiger charge is -2.25. The van der Waals surface area contributed by atoms with Gasteiger partial charge < -0.3 is 9.97 Å². The summed E-state index contributed by atoms with van der Waals surface area (Å²) in [4.78, 5) is 36.8. The quantitative estimate of drug-likeness (QED) is 0.307. The van der Waals surface area contributed by atoms with Gasteiger partial charge in [-0.05, 0) is 66.8 Å². The molecule has 2 N–H and O–H groups in total. The molecular weight excluding hydrogens is 410 g/mol. The van der Waals surface area contributed by atoms with E-state index in [-0.39, 0.29) is 22.8 Å². The minimum absolute atomic E-state index is 0.176. The summed E-state index contributed by atoms with van der Waals surface area (Å²) in [6, 6.07) is 13.1. The van der Waals surface area contributed by atoms with E-state index in [2.05, 4.69) is 15.0 Å². The maximum atomic E-state index is 13.3. The number of nitrogens with zero attached hydrogens (tertiary/aromatic N) is 1. The minimum Gasteiger partial charge on any atom is -0.338 e. The van der Waals surface area contributed by atoms with E-state index < -0.39 is 0 Å². The maximum absolute atomic E-state index is 13.3. The summed E-state index contributed by atoms with van der Waals surface area (Å²) in [5.74, 6) is 0.439. The molecule has 2 aromatic carbocycles. The molecule has 0 aliphatic heterocycles. The predicted octanol–water partition coefficient (Wildman–Crippen LogP) is 6.00. The Balaban J connectivity index is 1.61. The molecule has 0 spiro atoms. The fourth-order valence-corrected chi connectivity index (χ4v) is 4.81. The van der Waals surface area contributed by atoms with Crippen LogP contribution in [0.3, 0.4) is 0 Å². The van der Waals surface area contributed by atoms with Gasteiger partial charge in [-0.3, -0.25) is 9.59 Å². The van der Waals surface area contributed by atoms with E-state index in [1.807, 2.05) is 36.4 Å². The smallest absolute Gasteiger partial charge is 0.259 e. The molecule has 2 aromatic heterocycles. The van der Waals surface area contributed by atoms with Gasteiger partial charge in [0.1, 0.15) is 5.82 Å². The Morgan fingerprint density at radius 2 is 1.84 bits per heavy atom. The second-order valence-corrected chi connectivity index (χ2v) is 8.54. The molecule has 4 aromatic rings. The van der Waals surface area contributed by atoms with Crippen LogP contribution in [0.25, 0.3) is 28.0 Å². The Bertz CT molecular complexity index is 1340. The van der Waals surface area contributed by atoms with Gasteiger partial charge in [-0.2, -0.15) is 0 Å². The van der Waals surface area contributed by atoms with Crippen molar-refractivity contribution in [2.24, 2.45) is 0 Å². The Labute approximate surface area is 184 Å². The van der Waals surface area contributed by atoms with E-state index in [0.717, 1.165) is 47.7 Å². The molecule has 156 valence electrons. The van der Waals surface area contributed by atoms with Crippen molar-refractivity contribution in [3.05, 3.63) is 80.9 Å². The van der Waals surface area contributed by atoms with Gasteiger partial charge >= 0.3 is 0 Å². The van der Waals surface area contributed by atoms with E-state index in [9.17, 15) is 9.59 Å². The van der Waals surface area contributed by atoms with Crippen LogP contribution in [0.5, 0.6) is 0 Å². The number of benzene rings is 2. The predicted molar refractivity (Wildman–Crippen MR) is 125 cm³/mol. The second-order valence-electron chi connectivity index (χ2n) is 8.10. The lowest BCUT2D eigenvalue weighted by molar-refractivity contribution is 0.104. The van der Waals surface area contributed by atoms with Crippen LogP contribution in [0.1, 0.15) is 59.8 Å². The molecule has 5 nitrogen and oxygen atoms in total. The van der Waals surface area contributed by atoms with Gasteiger partial charge in [0.2, 0.25) is 0 Å². The van der Waals surface area contributed by atoms with Gasteiger partial charge in [0.25, 0.3) is 5.56 Å². The average Bonchev–Trinajstić information content (AvgIpc) is 3.20. The Morgan fingerprint density at radius 3 is 2.65 bits per heavy atom. The summed E-state index contributed by atoms with van der Waals surface area (Å²) in [7, 11) is 0. The highest BCUT2D eigenvalue weighted by atomic mass is 35.5. The number of carbonyl (C=O) groups excluding carboxylic acids is 1. The molecule has 0 saturated heterocycles. The van der Waals surface area contributed by atoms with Crippen molar-refractivity contribution in [2.45, 2.75) is 38.0 Å². The zero-order chi connectivity index (χ0) is 21.4. The van der Waals surface area contributed by atoms with Crippen molar-refractivity contribution in [3.8, 4) is 0 Å². The Hall–Kier alpha value is -3.18. The number of nitrogens with one attached hydrogen (secondary N) is 2. The molecule has 31 heavy (non-hydrogen) atoms. The first-order valence-electron chi connectivity index (χ1n) is 10.6. The fourth-order valence-electron chi connectivity index (χ4n) is 4.64. The summed E-state index contributed by atoms with van der Waals surface area (Å²) >= 11 is 6.28. The first kappa shape index (κ1) is 19.8. The molecule has 0 amide bonds. The second kappa shape index (κ2) is 8.16. The first-order chi connectivity index (χ1) is 15.1. The van der Waals surface area contributed by atoms with Crippen molar-refractivity contribution in [1.82, 2.24) is 15.0 Å². The number of aromatic amines is 2. The molecule has 2 heterocycles. The standard InChI is InChI=1S/C25H22ClN3O2/c26-16-10-11-18-17(14-16)23(15-6-2-1-3-7-15)24(25(31)29-18)21(30)12-13-22-27-19-8-4-5-9-20(19)28-22/h4-5,8-15H,1-3,6-7H2,(H,27,28)(H,29,31). The lowest BCUT2D eigenvalue weighted by atomic mass is 9.80. The van der Waals surface area contributed by atoms with Crippen LogP contribution in [0, 0.1) is 0 Å². The molecule has 1 aliphatic carbocycles. The first-order valence-corrected chi connectivity index (χ1v) is 11.0. The number of aromatic nitrogens is 3. The van der Waals surface area contributed by atoms with Crippen LogP contribution in [-0.2, 0) is 0 Å². The summed E-state index contributed by atoms with van der Waals surface area (Å²) < 4.78 is 0. The highest BCUT2D eigenvalue weighted by Crippen LogP contribution is 2.38. The molecule has 1 aliphatic rings. The van der Waals surface area contributed by atoms with Crippen LogP contribution in [0.4, 0.5) is 0 Å². The largest absolute Gasteiger partial charge is 0.338 e. The molecule has 0 radical (unpaired) electrons. The van der Waals surface area contributed by atoms with Gasteiger partial charge in [-0.15, -0.1) is 0 Å². The van der Waals surface area contributed by atoms with Crippen LogP contribution in [-0.4, -0.2) is 20.7 Å². The lowest BCUT2D eigenvalue weighted by Crippen LogP contribution is -2.22. The average molecular weight is 432 g/mol. The SMILES string of the molecule is O=C(C=Cc1nc2ccccc2[nH]1)c1c(C2CCCCC2)c2cc(Cl)ccc2[nH]c1=O. The van der Waals surface area contributed by atoms with Crippen molar-refractivity contribution in [3.63, 3.8) is 0 Å². The summed E-state index contributed by atoms with van der Waals surface area (Å²) in [5.41, 5.74) is 3.14. The van der Waals surface area contributed by atoms with Crippen molar-refractivity contribution < 1.29 is 4.79 Å². The number of halogens is 1. The number of carbonyl (C=O) groups is 1. The number of rotatable bonds is 4. The Kier molecular flexibility index (Phi) is 5.20. The third-order valence-corrected chi connectivity index (χ3v) is 6.31. The van der Waals surface area contributed by atoms with E-state index in [1.165, 1.54) is 12.5 Å². The Morgan fingerprint density at radius 1 is 1.03 bits per heavy atom. The minimum atomic E-state index is -0.352. The summed E-state index contributed by atoms with van der Waals surface area (Å²) in [6.45, 7) is 0. The van der Waals surface area contributed by atoms with E-state index in [4.69, 9.17) is 11.6 Å². The van der Waals surface area contributed by atoms with Crippen molar-refractivity contribution >= 4 is 45.4 Å². The maximum Gasteiger partial charge on any atom is 0.259 e. The topological polar surface area (TPSA) is 78.6 Å². The number of H-pyrrole nitrogens is 2. The summed E-state index contributed by atoms with van der Waals surface area (Å²) in [5, 5.41) is 1.45. The van der Waals surface area contributed by atoms with Crippen molar-refractivity contribution in [2.75, 3.05) is 0 Å². The number of imidazole rings is 1. The molecule has 1 fully saturated rings. The van der Waals surface area contributed by atoms with Gasteiger partial charge in [-0.25, -0.2) is 4.98 Å². The summed E-state index contributed by atoms with van der Waals surface area (Å²) in [6.07, 6.45) is 8.40.